The van der Waals surface area contributed by atoms with E-state index in [4.69, 9.17) is 4.74 Å². The number of hydrogen-bond donors (Lipinski definition) is 0. The largest absolute Gasteiger partial charge is 0.367 e. The first-order chi connectivity index (χ1) is 14.2. The highest BCUT2D eigenvalue weighted by Crippen LogP contribution is 2.30. The lowest BCUT2D eigenvalue weighted by molar-refractivity contribution is -0.0691. The summed E-state index contributed by atoms with van der Waals surface area (Å²) < 4.78 is 6.14. The average Bonchev–Trinajstić information content (AvgIpc) is 2.78. The van der Waals surface area contributed by atoms with Crippen molar-refractivity contribution in [3.63, 3.8) is 0 Å². The van der Waals surface area contributed by atoms with Crippen LogP contribution in [0.1, 0.15) is 28.9 Å². The van der Waals surface area contributed by atoms with Crippen LogP contribution in [0.15, 0.2) is 79.0 Å². The van der Waals surface area contributed by atoms with Gasteiger partial charge >= 0.3 is 0 Å². The van der Waals surface area contributed by atoms with Crippen LogP contribution in [0, 0.1) is 0 Å². The molecule has 0 bridgehead atoms. The van der Waals surface area contributed by atoms with Gasteiger partial charge in [0.15, 0.2) is 0 Å². The number of aromatic nitrogens is 1. The Balaban J connectivity index is 1.56. The Kier molecular flexibility index (Phi) is 4.49. The highest BCUT2D eigenvalue weighted by Gasteiger charge is 2.31. The first-order valence-electron chi connectivity index (χ1n) is 9.97. The summed E-state index contributed by atoms with van der Waals surface area (Å²) in [5.41, 5.74) is 2.50. The third-order valence-electron chi connectivity index (χ3n) is 5.56. The smallest absolute Gasteiger partial charge is 0.256 e. The zero-order chi connectivity index (χ0) is 19.8. The van der Waals surface area contributed by atoms with E-state index in [0.717, 1.165) is 27.2 Å². The van der Waals surface area contributed by atoms with E-state index in [-0.39, 0.29) is 18.1 Å². The molecule has 1 amide bonds. The van der Waals surface area contributed by atoms with E-state index in [9.17, 15) is 4.79 Å². The summed E-state index contributed by atoms with van der Waals surface area (Å²) in [5.74, 6) is 0.00975. The molecule has 1 aliphatic rings. The van der Waals surface area contributed by atoms with Gasteiger partial charge in [0.1, 0.15) is 6.10 Å². The molecule has 0 aliphatic carbocycles. The minimum Gasteiger partial charge on any atom is -0.367 e. The van der Waals surface area contributed by atoms with Gasteiger partial charge in [0, 0.05) is 18.1 Å². The van der Waals surface area contributed by atoms with Gasteiger partial charge in [0.25, 0.3) is 5.91 Å². The number of rotatable bonds is 2. The Morgan fingerprint density at radius 2 is 1.72 bits per heavy atom. The fourth-order valence-electron chi connectivity index (χ4n) is 4.23. The summed E-state index contributed by atoms with van der Waals surface area (Å²) in [6, 6.07) is 24.2. The van der Waals surface area contributed by atoms with Crippen LogP contribution in [-0.2, 0) is 4.74 Å². The van der Waals surface area contributed by atoms with Crippen LogP contribution in [0.3, 0.4) is 0 Å². The summed E-state index contributed by atoms with van der Waals surface area (Å²) in [4.78, 5) is 20.1. The second-order valence-corrected chi connectivity index (χ2v) is 7.60. The predicted octanol–water partition coefficient (Wildman–Crippen LogP) is 4.99. The first-order valence-corrected chi connectivity index (χ1v) is 9.97. The second kappa shape index (κ2) is 7.30. The lowest BCUT2D eigenvalue weighted by Crippen LogP contribution is -2.46. The van der Waals surface area contributed by atoms with Gasteiger partial charge in [0.2, 0.25) is 0 Å². The van der Waals surface area contributed by atoms with Crippen molar-refractivity contribution < 1.29 is 9.53 Å². The minimum atomic E-state index is -0.122. The van der Waals surface area contributed by atoms with Crippen molar-refractivity contribution in [1.29, 1.82) is 0 Å². The van der Waals surface area contributed by atoms with Crippen LogP contribution in [-0.4, -0.2) is 35.0 Å². The molecule has 1 aliphatic heterocycles. The molecule has 144 valence electrons. The first kappa shape index (κ1) is 17.8. The van der Waals surface area contributed by atoms with Gasteiger partial charge in [-0.05, 0) is 35.4 Å². The zero-order valence-corrected chi connectivity index (χ0v) is 16.3. The van der Waals surface area contributed by atoms with E-state index in [2.05, 4.69) is 23.2 Å². The van der Waals surface area contributed by atoms with Gasteiger partial charge in [-0.3, -0.25) is 9.78 Å². The summed E-state index contributed by atoms with van der Waals surface area (Å²) in [6.45, 7) is 3.13. The quantitative estimate of drug-likeness (QED) is 0.459. The van der Waals surface area contributed by atoms with Gasteiger partial charge in [-0.2, -0.15) is 0 Å². The van der Waals surface area contributed by atoms with E-state index in [1.807, 2.05) is 66.4 Å². The summed E-state index contributed by atoms with van der Waals surface area (Å²) in [7, 11) is 0. The minimum absolute atomic E-state index is 0.00975. The fraction of sp³-hybridized carbons (Fsp3) is 0.200. The van der Waals surface area contributed by atoms with Crippen molar-refractivity contribution >= 4 is 27.6 Å². The van der Waals surface area contributed by atoms with Crippen molar-refractivity contribution in [3.05, 3.63) is 90.1 Å². The molecule has 2 atom stereocenters. The highest BCUT2D eigenvalue weighted by molar-refractivity contribution is 6.15. The molecule has 4 heteroatoms. The topological polar surface area (TPSA) is 42.4 Å². The van der Waals surface area contributed by atoms with E-state index in [1.54, 1.807) is 6.20 Å². The van der Waals surface area contributed by atoms with Crippen molar-refractivity contribution in [2.45, 2.75) is 19.1 Å². The number of hydrogen-bond acceptors (Lipinski definition) is 3. The number of benzene rings is 3. The molecule has 1 saturated heterocycles. The Morgan fingerprint density at radius 3 is 2.59 bits per heavy atom. The average molecular weight is 382 g/mol. The normalized spacial score (nSPS) is 19.6. The predicted molar refractivity (Wildman–Crippen MR) is 115 cm³/mol. The van der Waals surface area contributed by atoms with E-state index >= 15 is 0 Å². The molecule has 0 spiro atoms. The van der Waals surface area contributed by atoms with Gasteiger partial charge in [-0.15, -0.1) is 0 Å². The maximum atomic E-state index is 13.6. The molecule has 4 nitrogen and oxygen atoms in total. The number of carbonyl (C=O) groups is 1. The molecule has 0 N–H and O–H groups in total. The molecular weight excluding hydrogens is 360 g/mol. The van der Waals surface area contributed by atoms with Crippen molar-refractivity contribution in [2.24, 2.45) is 0 Å². The molecular formula is C25H22N2O2. The molecule has 0 radical (unpaired) electrons. The van der Waals surface area contributed by atoms with Crippen LogP contribution in [0.25, 0.3) is 21.7 Å². The number of pyridine rings is 1. The monoisotopic (exact) mass is 382 g/mol. The SMILES string of the molecule is CC1CN(C(=O)c2cc3ccccc3c3cccnc23)CC(c2ccccc2)O1. The third-order valence-corrected chi connectivity index (χ3v) is 5.56. The van der Waals surface area contributed by atoms with Crippen LogP contribution in [0.5, 0.6) is 0 Å². The Morgan fingerprint density at radius 1 is 0.966 bits per heavy atom. The summed E-state index contributed by atoms with van der Waals surface area (Å²) in [5, 5.41) is 3.18. The molecule has 29 heavy (non-hydrogen) atoms. The molecule has 1 aromatic heterocycles. The van der Waals surface area contributed by atoms with Gasteiger partial charge in [-0.1, -0.05) is 60.7 Å². The molecule has 4 aromatic rings. The van der Waals surface area contributed by atoms with Gasteiger partial charge in [0.05, 0.1) is 23.7 Å². The van der Waals surface area contributed by atoms with Crippen LogP contribution >= 0.6 is 0 Å². The van der Waals surface area contributed by atoms with Crippen molar-refractivity contribution in [1.82, 2.24) is 9.88 Å². The number of carbonyl (C=O) groups excluding carboxylic acids is 1. The number of fused-ring (bicyclic) bond motifs is 3. The second-order valence-electron chi connectivity index (χ2n) is 7.60. The van der Waals surface area contributed by atoms with Crippen LogP contribution in [0.4, 0.5) is 0 Å². The number of amides is 1. The van der Waals surface area contributed by atoms with Crippen LogP contribution in [0.2, 0.25) is 0 Å². The fourth-order valence-corrected chi connectivity index (χ4v) is 4.23. The molecule has 5 rings (SSSR count). The van der Waals surface area contributed by atoms with Crippen molar-refractivity contribution in [2.75, 3.05) is 13.1 Å². The molecule has 0 saturated carbocycles. The Labute approximate surface area is 169 Å². The number of ether oxygens (including phenoxy) is 1. The van der Waals surface area contributed by atoms with E-state index < -0.39 is 0 Å². The van der Waals surface area contributed by atoms with E-state index in [0.29, 0.717) is 18.7 Å². The standard InChI is InChI=1S/C25H22N2O2/c1-17-15-27(16-23(29-17)18-8-3-2-4-9-18)25(28)22-14-19-10-5-6-11-20(19)21-12-7-13-26-24(21)22/h2-14,17,23H,15-16H2,1H3. The van der Waals surface area contributed by atoms with Gasteiger partial charge in [-0.25, -0.2) is 0 Å². The Bertz CT molecular complexity index is 1190. The van der Waals surface area contributed by atoms with E-state index in [1.165, 1.54) is 0 Å². The molecule has 1 fully saturated rings. The molecule has 3 aromatic carbocycles. The van der Waals surface area contributed by atoms with Gasteiger partial charge < -0.3 is 9.64 Å². The number of morpholine rings is 1. The lowest BCUT2D eigenvalue weighted by atomic mass is 9.99. The lowest BCUT2D eigenvalue weighted by Gasteiger charge is -2.37. The Hall–Kier alpha value is -3.24. The third kappa shape index (κ3) is 3.26. The number of nitrogens with zero attached hydrogens (tertiary/aromatic N) is 2. The summed E-state index contributed by atoms with van der Waals surface area (Å²) >= 11 is 0. The summed E-state index contributed by atoms with van der Waals surface area (Å²) in [6.07, 6.45) is 1.60. The maximum Gasteiger partial charge on any atom is 0.256 e. The van der Waals surface area contributed by atoms with Crippen molar-refractivity contribution in [3.8, 4) is 0 Å². The molecule has 2 unspecified atom stereocenters. The maximum absolute atomic E-state index is 13.6. The van der Waals surface area contributed by atoms with Crippen LogP contribution < -0.4 is 0 Å². The zero-order valence-electron chi connectivity index (χ0n) is 16.3. The molecule has 2 heterocycles. The highest BCUT2D eigenvalue weighted by atomic mass is 16.5.